The van der Waals surface area contributed by atoms with E-state index >= 15 is 0 Å². The smallest absolute Gasteiger partial charge is 0.519 e. The van der Waals surface area contributed by atoms with Gasteiger partial charge in [-0.3, -0.25) is 0 Å². The molecular weight excluding hydrogens is 530 g/mol. The van der Waals surface area contributed by atoms with Crippen LogP contribution in [0.15, 0.2) is 84.9 Å². The molecule has 1 aliphatic carbocycles. The monoisotopic (exact) mass is 570 g/mol. The second-order valence-electron chi connectivity index (χ2n) is 12.3. The highest BCUT2D eigenvalue weighted by atomic mass is 16.6. The van der Waals surface area contributed by atoms with Crippen LogP contribution in [-0.2, 0) is 5.41 Å². The average molecular weight is 570 g/mol. The predicted octanol–water partition coefficient (Wildman–Crippen LogP) is 8.23. The van der Waals surface area contributed by atoms with Gasteiger partial charge in [-0.05, 0) is 59.4 Å². The molecule has 0 spiro atoms. The molecule has 0 radical (unpaired) electrons. The summed E-state index contributed by atoms with van der Waals surface area (Å²) < 4.78 is 25.1. The maximum Gasteiger partial charge on any atom is 0.632 e. The molecule has 0 amide bonds. The Morgan fingerprint density at radius 3 is 1.26 bits per heavy atom. The summed E-state index contributed by atoms with van der Waals surface area (Å²) in [6.45, 7) is 4.58. The minimum Gasteiger partial charge on any atom is -0.519 e. The quantitative estimate of drug-likeness (QED) is 0.127. The molecule has 2 heterocycles. The van der Waals surface area contributed by atoms with E-state index in [0.717, 1.165) is 46.8 Å². The highest BCUT2D eigenvalue weighted by Gasteiger charge is 2.45. The lowest BCUT2D eigenvalue weighted by Crippen LogP contribution is -2.41. The van der Waals surface area contributed by atoms with Gasteiger partial charge in [-0.2, -0.15) is 0 Å². The molecule has 0 bridgehead atoms. The summed E-state index contributed by atoms with van der Waals surface area (Å²) in [4.78, 5) is 0. The number of rotatable bonds is 12. The standard InChI is InChI=1S/C37H40B2O4/c1-3-5-7-13-23-37(24-14-8-6-4-2)31-25-27(38-40-33-15-9-10-16-34(33)41-38)19-21-29(31)30-22-20-28(26-32(30)37)39-42-35-17-11-12-18-36(35)43-39/h9-12,15-22,25-26H,3-8,13-14,23-24H2,1-2H3. The topological polar surface area (TPSA) is 36.9 Å². The fourth-order valence-electron chi connectivity index (χ4n) is 7.27. The van der Waals surface area contributed by atoms with Crippen LogP contribution >= 0.6 is 0 Å². The van der Waals surface area contributed by atoms with Gasteiger partial charge in [0.25, 0.3) is 0 Å². The third-order valence-corrected chi connectivity index (χ3v) is 9.50. The van der Waals surface area contributed by atoms with E-state index in [2.05, 4.69) is 50.2 Å². The van der Waals surface area contributed by atoms with E-state index in [1.807, 2.05) is 48.5 Å². The molecule has 0 atom stereocenters. The van der Waals surface area contributed by atoms with E-state index in [1.165, 1.54) is 73.6 Å². The molecule has 0 fully saturated rings. The summed E-state index contributed by atoms with van der Waals surface area (Å²) in [5.74, 6) is 3.24. The van der Waals surface area contributed by atoms with Crippen molar-refractivity contribution in [2.24, 2.45) is 0 Å². The zero-order chi connectivity index (χ0) is 29.2. The predicted molar refractivity (Wildman–Crippen MR) is 176 cm³/mol. The number of hydrogen-bond donors (Lipinski definition) is 0. The first-order valence-corrected chi connectivity index (χ1v) is 16.3. The van der Waals surface area contributed by atoms with Gasteiger partial charge in [-0.25, -0.2) is 0 Å². The van der Waals surface area contributed by atoms with Crippen LogP contribution < -0.4 is 29.5 Å². The Morgan fingerprint density at radius 2 is 0.884 bits per heavy atom. The highest BCUT2D eigenvalue weighted by Crippen LogP contribution is 2.54. The van der Waals surface area contributed by atoms with Gasteiger partial charge in [0.15, 0.2) is 0 Å². The lowest BCUT2D eigenvalue weighted by molar-refractivity contribution is 0.401. The summed E-state index contributed by atoms with van der Waals surface area (Å²) in [5.41, 5.74) is 7.59. The van der Waals surface area contributed by atoms with Crippen LogP contribution in [0.4, 0.5) is 0 Å². The van der Waals surface area contributed by atoms with Crippen molar-refractivity contribution >= 4 is 25.2 Å². The van der Waals surface area contributed by atoms with Crippen molar-refractivity contribution in [1.29, 1.82) is 0 Å². The number of unbranched alkanes of at least 4 members (excludes halogenated alkanes) is 6. The summed E-state index contributed by atoms with van der Waals surface area (Å²) in [7, 11) is -0.864. The van der Waals surface area contributed by atoms with Crippen LogP contribution in [0, 0.1) is 0 Å². The minimum absolute atomic E-state index is 0.0743. The van der Waals surface area contributed by atoms with E-state index < -0.39 is 14.2 Å². The van der Waals surface area contributed by atoms with Gasteiger partial charge in [0.1, 0.15) is 23.0 Å². The molecule has 218 valence electrons. The van der Waals surface area contributed by atoms with E-state index in [1.54, 1.807) is 0 Å². The molecular formula is C37H40B2O4. The number of para-hydroxylation sites is 4. The molecule has 0 unspecified atom stereocenters. The molecule has 6 heteroatoms. The minimum atomic E-state index is -0.432. The van der Waals surface area contributed by atoms with E-state index in [-0.39, 0.29) is 5.41 Å². The van der Waals surface area contributed by atoms with Crippen molar-refractivity contribution < 1.29 is 18.6 Å². The third kappa shape index (κ3) is 5.19. The van der Waals surface area contributed by atoms with Gasteiger partial charge in [0.05, 0.1) is 0 Å². The van der Waals surface area contributed by atoms with Gasteiger partial charge >= 0.3 is 14.2 Å². The Morgan fingerprint density at radius 1 is 0.488 bits per heavy atom. The second-order valence-corrected chi connectivity index (χ2v) is 12.3. The molecule has 3 aliphatic rings. The maximum atomic E-state index is 6.29. The molecule has 4 aromatic rings. The van der Waals surface area contributed by atoms with E-state index in [4.69, 9.17) is 18.6 Å². The first-order valence-electron chi connectivity index (χ1n) is 16.3. The van der Waals surface area contributed by atoms with Crippen molar-refractivity contribution in [2.75, 3.05) is 0 Å². The Bertz CT molecular complexity index is 1430. The van der Waals surface area contributed by atoms with E-state index in [0.29, 0.717) is 0 Å². The molecule has 4 nitrogen and oxygen atoms in total. The first-order chi connectivity index (χ1) is 21.2. The highest BCUT2D eigenvalue weighted by molar-refractivity contribution is 6.64. The Kier molecular flexibility index (Phi) is 7.86. The van der Waals surface area contributed by atoms with E-state index in [9.17, 15) is 0 Å². The maximum absolute atomic E-state index is 6.29. The van der Waals surface area contributed by atoms with Gasteiger partial charge in [0.2, 0.25) is 0 Å². The molecule has 4 aromatic carbocycles. The van der Waals surface area contributed by atoms with Gasteiger partial charge < -0.3 is 18.6 Å². The average Bonchev–Trinajstić information content (AvgIpc) is 3.74. The van der Waals surface area contributed by atoms with Gasteiger partial charge in [0, 0.05) is 16.3 Å². The summed E-state index contributed by atoms with van der Waals surface area (Å²) in [5, 5.41) is 0. The van der Waals surface area contributed by atoms with Crippen LogP contribution in [0.1, 0.15) is 89.2 Å². The van der Waals surface area contributed by atoms with Gasteiger partial charge in [-0.1, -0.05) is 126 Å². The van der Waals surface area contributed by atoms with Crippen LogP contribution in [0.3, 0.4) is 0 Å². The van der Waals surface area contributed by atoms with Crippen molar-refractivity contribution in [1.82, 2.24) is 0 Å². The van der Waals surface area contributed by atoms with Crippen molar-refractivity contribution in [3.63, 3.8) is 0 Å². The molecule has 43 heavy (non-hydrogen) atoms. The number of hydrogen-bond acceptors (Lipinski definition) is 4. The van der Waals surface area contributed by atoms with Crippen LogP contribution in [0.5, 0.6) is 23.0 Å². The molecule has 2 aliphatic heterocycles. The van der Waals surface area contributed by atoms with Crippen molar-refractivity contribution in [3.8, 4) is 34.1 Å². The molecule has 7 rings (SSSR count). The summed E-state index contributed by atoms with van der Waals surface area (Å²) in [6, 6.07) is 29.7. The lowest BCUT2D eigenvalue weighted by Gasteiger charge is -2.33. The summed E-state index contributed by atoms with van der Waals surface area (Å²) >= 11 is 0. The van der Waals surface area contributed by atoms with Crippen LogP contribution in [0.25, 0.3) is 11.1 Å². The van der Waals surface area contributed by atoms with Crippen molar-refractivity contribution in [2.45, 2.75) is 83.5 Å². The number of fused-ring (bicyclic) bond motifs is 5. The normalized spacial score (nSPS) is 15.1. The zero-order valence-electron chi connectivity index (χ0n) is 25.4. The Labute approximate surface area is 257 Å². The molecule has 0 saturated heterocycles. The second kappa shape index (κ2) is 12.1. The largest absolute Gasteiger partial charge is 0.632 e. The van der Waals surface area contributed by atoms with Crippen LogP contribution in [-0.4, -0.2) is 14.2 Å². The SMILES string of the molecule is CCCCCCC1(CCCCCC)c2cc(B3Oc4ccccc4O3)ccc2-c2ccc(B3Oc4ccccc4O3)cc21. The fourth-order valence-corrected chi connectivity index (χ4v) is 7.27. The van der Waals surface area contributed by atoms with Crippen LogP contribution in [0.2, 0.25) is 0 Å². The number of benzene rings is 4. The Hall–Kier alpha value is -3.79. The zero-order valence-corrected chi connectivity index (χ0v) is 25.4. The molecule has 0 saturated carbocycles. The third-order valence-electron chi connectivity index (χ3n) is 9.50. The first kappa shape index (κ1) is 28.0. The molecule has 0 N–H and O–H groups in total. The fraction of sp³-hybridized carbons (Fsp3) is 0.351. The summed E-state index contributed by atoms with van der Waals surface area (Å²) in [6.07, 6.45) is 12.2. The molecule has 0 aromatic heterocycles. The lowest BCUT2D eigenvalue weighted by atomic mass is 9.67. The van der Waals surface area contributed by atoms with Crippen molar-refractivity contribution in [3.05, 3.63) is 96.1 Å². The Balaban J connectivity index is 1.29. The van der Waals surface area contributed by atoms with Gasteiger partial charge in [-0.15, -0.1) is 0 Å².